The highest BCUT2D eigenvalue weighted by molar-refractivity contribution is 6.20. The first-order valence-electron chi connectivity index (χ1n) is 14.7. The third-order valence-electron chi connectivity index (χ3n) is 8.73. The molecule has 0 aromatic heterocycles. The van der Waals surface area contributed by atoms with Gasteiger partial charge in [0, 0.05) is 5.38 Å². The predicted molar refractivity (Wildman–Crippen MR) is 159 cm³/mol. The molecule has 0 amide bonds. The normalized spacial score (nSPS) is 23.6. The molecule has 0 heterocycles. The molecule has 2 fully saturated rings. The van der Waals surface area contributed by atoms with Crippen molar-refractivity contribution in [2.75, 3.05) is 6.61 Å². The van der Waals surface area contributed by atoms with E-state index in [2.05, 4.69) is 19.1 Å². The van der Waals surface area contributed by atoms with E-state index in [4.69, 9.17) is 21.1 Å². The van der Waals surface area contributed by atoms with Gasteiger partial charge in [0.25, 0.3) is 0 Å². The second-order valence-electron chi connectivity index (χ2n) is 11.6. The Hall–Kier alpha value is -3.11. The first kappa shape index (κ1) is 28.4. The topological polar surface area (TPSA) is 52.6 Å². The molecule has 40 heavy (non-hydrogen) atoms. The number of rotatable bonds is 8. The van der Waals surface area contributed by atoms with Gasteiger partial charge in [0.15, 0.2) is 0 Å². The van der Waals surface area contributed by atoms with Gasteiger partial charge < -0.3 is 9.47 Å². The third-order valence-corrected chi connectivity index (χ3v) is 9.16. The molecule has 2 aliphatic rings. The molecule has 0 N–H and O–H groups in total. The van der Waals surface area contributed by atoms with Crippen LogP contribution in [0.1, 0.15) is 103 Å². The number of ether oxygens (including phenoxy) is 2. The molecule has 0 radical (unpaired) electrons. The van der Waals surface area contributed by atoms with Crippen LogP contribution in [-0.4, -0.2) is 23.9 Å². The molecular formula is C35H39ClO4. The molecule has 5 rings (SSSR count). The Bertz CT molecular complexity index is 1240. The average molecular weight is 559 g/mol. The van der Waals surface area contributed by atoms with Gasteiger partial charge in [-0.1, -0.05) is 74.4 Å². The molecule has 5 heteroatoms. The van der Waals surface area contributed by atoms with Crippen LogP contribution in [0.2, 0.25) is 0 Å². The van der Waals surface area contributed by atoms with Gasteiger partial charge in [0.2, 0.25) is 0 Å². The second-order valence-corrected chi connectivity index (χ2v) is 12.2. The highest BCUT2D eigenvalue weighted by Gasteiger charge is 2.26. The molecule has 2 aliphatic carbocycles. The monoisotopic (exact) mass is 558 g/mol. The maximum Gasteiger partial charge on any atom is 0.338 e. The van der Waals surface area contributed by atoms with Gasteiger partial charge in [-0.25, -0.2) is 4.79 Å². The molecule has 4 nitrogen and oxygen atoms in total. The van der Waals surface area contributed by atoms with Gasteiger partial charge in [-0.2, -0.15) is 0 Å². The quantitative estimate of drug-likeness (QED) is 0.157. The van der Waals surface area contributed by atoms with E-state index in [0.29, 0.717) is 23.1 Å². The first-order valence-corrected chi connectivity index (χ1v) is 15.2. The van der Waals surface area contributed by atoms with Crippen LogP contribution in [0, 0.1) is 5.92 Å². The Labute approximate surface area is 243 Å². The lowest BCUT2D eigenvalue weighted by Gasteiger charge is -2.26. The summed E-state index contributed by atoms with van der Waals surface area (Å²) in [4.78, 5) is 26.2. The largest absolute Gasteiger partial charge is 0.461 e. The van der Waals surface area contributed by atoms with Crippen molar-refractivity contribution >= 4 is 23.5 Å². The van der Waals surface area contributed by atoms with Crippen molar-refractivity contribution in [3.05, 3.63) is 101 Å². The van der Waals surface area contributed by atoms with Gasteiger partial charge in [-0.3, -0.25) is 4.79 Å². The van der Waals surface area contributed by atoms with Crippen molar-refractivity contribution in [1.82, 2.24) is 0 Å². The highest BCUT2D eigenvalue weighted by Crippen LogP contribution is 2.37. The fraction of sp³-hybridized carbons (Fsp3) is 0.429. The van der Waals surface area contributed by atoms with E-state index in [9.17, 15) is 9.59 Å². The summed E-state index contributed by atoms with van der Waals surface area (Å²) in [5, 5.41) is 0.277. The molecule has 3 aromatic rings. The summed E-state index contributed by atoms with van der Waals surface area (Å²) in [5.74, 6) is 0.754. The number of carbonyl (C=O) groups excluding carboxylic acids is 2. The van der Waals surface area contributed by atoms with Crippen molar-refractivity contribution in [3.63, 3.8) is 0 Å². The smallest absolute Gasteiger partial charge is 0.338 e. The van der Waals surface area contributed by atoms with Gasteiger partial charge >= 0.3 is 11.9 Å². The number of hydrogen-bond acceptors (Lipinski definition) is 4. The first-order chi connectivity index (χ1) is 19.5. The van der Waals surface area contributed by atoms with Crippen LogP contribution in [0.3, 0.4) is 0 Å². The van der Waals surface area contributed by atoms with Crippen LogP contribution in [0.25, 0.3) is 0 Å². The minimum absolute atomic E-state index is 0.0957. The molecule has 2 saturated carbocycles. The molecule has 0 spiro atoms. The summed E-state index contributed by atoms with van der Waals surface area (Å²) in [6.07, 6.45) is 9.13. The van der Waals surface area contributed by atoms with Gasteiger partial charge in [-0.15, -0.1) is 11.6 Å². The molecule has 1 atom stereocenters. The van der Waals surface area contributed by atoms with Crippen LogP contribution >= 0.6 is 11.6 Å². The fourth-order valence-corrected chi connectivity index (χ4v) is 6.35. The van der Waals surface area contributed by atoms with E-state index >= 15 is 0 Å². The van der Waals surface area contributed by atoms with Crippen molar-refractivity contribution in [3.8, 4) is 5.75 Å². The molecule has 3 aromatic carbocycles. The number of esters is 2. The number of halogens is 1. The maximum absolute atomic E-state index is 13.3. The van der Waals surface area contributed by atoms with Crippen molar-refractivity contribution < 1.29 is 19.1 Å². The summed E-state index contributed by atoms with van der Waals surface area (Å²) in [5.41, 5.74) is 3.76. The summed E-state index contributed by atoms with van der Waals surface area (Å²) < 4.78 is 11.4. The highest BCUT2D eigenvalue weighted by atomic mass is 35.5. The Morgan fingerprint density at radius 1 is 0.750 bits per heavy atom. The SMILES string of the molecule is CC1CCC(c2ccc(OC(=O)C(COC(=O)c3ccc(C4CCC(Cl)CC4)cc3)c3ccccc3)cc2)CC1. The Kier molecular flexibility index (Phi) is 9.59. The number of hydrogen-bond donors (Lipinski definition) is 0. The van der Waals surface area contributed by atoms with Crippen LogP contribution in [0.5, 0.6) is 5.75 Å². The molecule has 210 valence electrons. The van der Waals surface area contributed by atoms with E-state index < -0.39 is 17.9 Å². The number of carbonyl (C=O) groups is 2. The molecule has 0 aliphatic heterocycles. The predicted octanol–water partition coefficient (Wildman–Crippen LogP) is 8.79. The maximum atomic E-state index is 13.3. The summed E-state index contributed by atoms with van der Waals surface area (Å²) >= 11 is 6.25. The molecule has 0 saturated heterocycles. The van der Waals surface area contributed by atoms with E-state index in [1.807, 2.05) is 66.7 Å². The number of alkyl halides is 1. The lowest BCUT2D eigenvalue weighted by Crippen LogP contribution is -2.24. The average Bonchev–Trinajstić information content (AvgIpc) is 2.99. The van der Waals surface area contributed by atoms with Crippen molar-refractivity contribution in [1.29, 1.82) is 0 Å². The summed E-state index contributed by atoms with van der Waals surface area (Å²) in [6, 6.07) is 24.9. The van der Waals surface area contributed by atoms with Crippen molar-refractivity contribution in [2.24, 2.45) is 5.92 Å². The van der Waals surface area contributed by atoms with Gasteiger partial charge in [-0.05, 0) is 97.2 Å². The standard InChI is InChI=1S/C35H39ClO4/c1-24-7-9-25(10-8-24)28-17-21-32(22-18-28)40-35(38)33(29-5-3-2-4-6-29)23-39-34(37)30-13-11-26(12-14-30)27-15-19-31(36)20-16-27/h2-6,11-14,17-18,21-22,24-25,27,31,33H,7-10,15-16,19-20,23H2,1H3. The van der Waals surface area contributed by atoms with Crippen LogP contribution in [-0.2, 0) is 9.53 Å². The molecular weight excluding hydrogens is 520 g/mol. The van der Waals surface area contributed by atoms with Crippen LogP contribution < -0.4 is 4.74 Å². The molecule has 0 bridgehead atoms. The van der Waals surface area contributed by atoms with Crippen LogP contribution in [0.4, 0.5) is 0 Å². The molecule has 1 unspecified atom stereocenters. The summed E-state index contributed by atoms with van der Waals surface area (Å²) in [6.45, 7) is 2.23. The van der Waals surface area contributed by atoms with Gasteiger partial charge in [0.1, 0.15) is 18.3 Å². The Morgan fingerprint density at radius 2 is 1.30 bits per heavy atom. The Morgan fingerprint density at radius 3 is 1.90 bits per heavy atom. The van der Waals surface area contributed by atoms with E-state index in [-0.39, 0.29) is 12.0 Å². The zero-order valence-electron chi connectivity index (χ0n) is 23.3. The number of benzene rings is 3. The fourth-order valence-electron chi connectivity index (χ4n) is 6.09. The van der Waals surface area contributed by atoms with E-state index in [0.717, 1.165) is 37.2 Å². The Balaban J connectivity index is 1.20. The van der Waals surface area contributed by atoms with E-state index in [1.165, 1.54) is 36.8 Å². The lowest BCUT2D eigenvalue weighted by atomic mass is 9.79. The van der Waals surface area contributed by atoms with E-state index in [1.54, 1.807) is 0 Å². The zero-order valence-corrected chi connectivity index (χ0v) is 24.0. The third kappa shape index (κ3) is 7.34. The van der Waals surface area contributed by atoms with Crippen LogP contribution in [0.15, 0.2) is 78.9 Å². The minimum Gasteiger partial charge on any atom is -0.461 e. The second kappa shape index (κ2) is 13.5. The van der Waals surface area contributed by atoms with Crippen molar-refractivity contribution in [2.45, 2.75) is 81.4 Å². The minimum atomic E-state index is -0.727. The lowest BCUT2D eigenvalue weighted by molar-refractivity contribution is -0.137. The zero-order chi connectivity index (χ0) is 27.9. The van der Waals surface area contributed by atoms with Gasteiger partial charge in [0.05, 0.1) is 5.56 Å². The summed E-state index contributed by atoms with van der Waals surface area (Å²) in [7, 11) is 0.